The molecule has 1 aliphatic heterocycles. The minimum absolute atomic E-state index is 0.0184. The number of piperidine rings is 1. The highest BCUT2D eigenvalue weighted by Gasteiger charge is 2.31. The summed E-state index contributed by atoms with van der Waals surface area (Å²) in [5.41, 5.74) is 10.0. The highest BCUT2D eigenvalue weighted by Crippen LogP contribution is 2.36. The molecule has 3 N–H and O–H groups in total. The van der Waals surface area contributed by atoms with Crippen molar-refractivity contribution in [2.45, 2.75) is 57.4 Å². The van der Waals surface area contributed by atoms with Gasteiger partial charge in [-0.3, -0.25) is 4.79 Å². The van der Waals surface area contributed by atoms with Gasteiger partial charge in [-0.15, -0.1) is 0 Å². The Morgan fingerprint density at radius 1 is 1.02 bits per heavy atom. The molecule has 7 rings (SSSR count). The van der Waals surface area contributed by atoms with Crippen molar-refractivity contribution in [3.63, 3.8) is 0 Å². The van der Waals surface area contributed by atoms with Crippen LogP contribution in [-0.4, -0.2) is 62.0 Å². The summed E-state index contributed by atoms with van der Waals surface area (Å²) in [6.45, 7) is 9.71. The molecule has 242 valence electrons. The summed E-state index contributed by atoms with van der Waals surface area (Å²) >= 11 is 0. The number of halogens is 1. The lowest BCUT2D eigenvalue weighted by Gasteiger charge is -2.34. The lowest BCUT2D eigenvalue weighted by atomic mass is 9.88. The number of fused-ring (bicyclic) bond motifs is 2. The minimum Gasteiger partial charge on any atom is -0.383 e. The van der Waals surface area contributed by atoms with Crippen LogP contribution in [0.3, 0.4) is 0 Å². The summed E-state index contributed by atoms with van der Waals surface area (Å²) in [6.07, 6.45) is 2.90. The second kappa shape index (κ2) is 11.5. The Bertz CT molecular complexity index is 2280. The Balaban J connectivity index is 1.35. The quantitative estimate of drug-likeness (QED) is 0.199. The van der Waals surface area contributed by atoms with Gasteiger partial charge in [0, 0.05) is 11.4 Å². The molecule has 0 radical (unpaired) electrons. The molecule has 0 bridgehead atoms. The molecule has 10 nitrogen and oxygen atoms in total. The molecule has 1 fully saturated rings. The van der Waals surface area contributed by atoms with Crippen LogP contribution < -0.4 is 5.73 Å². The first-order chi connectivity index (χ1) is 22.4. The number of hydrogen-bond acceptors (Lipinski definition) is 7. The van der Waals surface area contributed by atoms with Crippen molar-refractivity contribution in [2.75, 3.05) is 18.8 Å². The van der Waals surface area contributed by atoms with E-state index in [1.807, 2.05) is 19.9 Å². The maximum atomic E-state index is 15.9. The maximum Gasteiger partial charge on any atom is 0.268 e. The van der Waals surface area contributed by atoms with Crippen molar-refractivity contribution in [3.05, 3.63) is 101 Å². The predicted octanol–water partition coefficient (Wildman–Crippen LogP) is 6.10. The molecule has 0 unspecified atom stereocenters. The maximum absolute atomic E-state index is 15.9. The summed E-state index contributed by atoms with van der Waals surface area (Å²) in [5.74, 6) is -0.367. The van der Waals surface area contributed by atoms with Gasteiger partial charge < -0.3 is 15.6 Å². The number of carbonyl (C=O) groups excluding carboxylic acids is 1. The third-order valence-electron chi connectivity index (χ3n) is 9.25. The number of benzene rings is 3. The van der Waals surface area contributed by atoms with Gasteiger partial charge >= 0.3 is 0 Å². The Morgan fingerprint density at radius 2 is 1.74 bits per heavy atom. The van der Waals surface area contributed by atoms with E-state index in [0.717, 1.165) is 46.8 Å². The van der Waals surface area contributed by atoms with Gasteiger partial charge in [-0.25, -0.2) is 26.4 Å². The molecule has 0 saturated carbocycles. The summed E-state index contributed by atoms with van der Waals surface area (Å²) in [7, 11) is -4.33. The monoisotopic (exact) mass is 653 g/mol. The number of aromatic amines is 1. The zero-order valence-corrected chi connectivity index (χ0v) is 27.5. The number of likely N-dealkylation sites (tertiary alicyclic amines) is 1. The largest absolute Gasteiger partial charge is 0.383 e. The van der Waals surface area contributed by atoms with Crippen LogP contribution in [0, 0.1) is 19.7 Å². The lowest BCUT2D eigenvalue weighted by molar-refractivity contribution is 0.103. The third-order valence-corrected chi connectivity index (χ3v) is 11.0. The van der Waals surface area contributed by atoms with E-state index in [2.05, 4.69) is 33.8 Å². The van der Waals surface area contributed by atoms with Gasteiger partial charge in [0.1, 0.15) is 23.2 Å². The SMILES string of the molecule is Cc1ccc(S(=O)(=O)n2c(C(=O)c3cnn(-c4ccc5[nH]c(C)nc5c4)c3N)cc3cc(C4CCN(C(C)C)CC4)c(F)cc32)cc1. The van der Waals surface area contributed by atoms with Crippen molar-refractivity contribution in [3.8, 4) is 5.69 Å². The van der Waals surface area contributed by atoms with E-state index in [-0.39, 0.29) is 33.4 Å². The predicted molar refractivity (Wildman–Crippen MR) is 180 cm³/mol. The fourth-order valence-corrected chi connectivity index (χ4v) is 8.13. The number of nitrogens with one attached hydrogen (secondary N) is 1. The number of aromatic nitrogens is 5. The molecule has 0 atom stereocenters. The van der Waals surface area contributed by atoms with E-state index in [1.165, 1.54) is 35.1 Å². The lowest BCUT2D eigenvalue weighted by Crippen LogP contribution is -2.38. The van der Waals surface area contributed by atoms with Gasteiger partial charge in [-0.05, 0) is 114 Å². The van der Waals surface area contributed by atoms with E-state index in [0.29, 0.717) is 28.2 Å². The van der Waals surface area contributed by atoms with Crippen molar-refractivity contribution in [1.29, 1.82) is 0 Å². The smallest absolute Gasteiger partial charge is 0.268 e. The van der Waals surface area contributed by atoms with Gasteiger partial charge in [0.05, 0.1) is 38.9 Å². The number of imidazole rings is 1. The van der Waals surface area contributed by atoms with Gasteiger partial charge in [-0.1, -0.05) is 17.7 Å². The van der Waals surface area contributed by atoms with E-state index >= 15 is 4.39 Å². The van der Waals surface area contributed by atoms with Crippen molar-refractivity contribution in [1.82, 2.24) is 28.6 Å². The van der Waals surface area contributed by atoms with Crippen LogP contribution in [-0.2, 0) is 10.0 Å². The second-order valence-electron chi connectivity index (χ2n) is 12.7. The molecule has 1 saturated heterocycles. The zero-order valence-electron chi connectivity index (χ0n) is 26.7. The Labute approximate surface area is 272 Å². The molecule has 4 heterocycles. The van der Waals surface area contributed by atoms with Crippen LogP contribution in [0.2, 0.25) is 0 Å². The standard InChI is InChI=1S/C35H36FN7O3S/c1-20(2)41-13-11-23(12-14-41)27-15-24-16-33(43(32(24)18-29(27)36)47(45,46)26-8-5-21(3)6-9-26)34(44)28-19-38-42(35(28)37)25-7-10-30-31(17-25)40-22(4)39-30/h5-10,15-20,23H,11-14,37H2,1-4H3,(H,39,40). The number of rotatable bonds is 7. The third kappa shape index (κ3) is 5.31. The highest BCUT2D eigenvalue weighted by atomic mass is 32.2. The summed E-state index contributed by atoms with van der Waals surface area (Å²) in [4.78, 5) is 24.3. The van der Waals surface area contributed by atoms with E-state index < -0.39 is 21.6 Å². The molecule has 0 aliphatic carbocycles. The van der Waals surface area contributed by atoms with E-state index in [1.54, 1.807) is 30.3 Å². The number of hydrogen-bond donors (Lipinski definition) is 2. The topological polar surface area (TPSA) is 132 Å². The van der Waals surface area contributed by atoms with Gasteiger partial charge in [0.25, 0.3) is 10.0 Å². The average Bonchev–Trinajstić information content (AvgIpc) is 3.73. The van der Waals surface area contributed by atoms with Gasteiger partial charge in [-0.2, -0.15) is 5.10 Å². The normalized spacial score (nSPS) is 14.9. The fraction of sp³-hybridized carbons (Fsp3) is 0.286. The average molecular weight is 654 g/mol. The Hall–Kier alpha value is -4.81. The van der Waals surface area contributed by atoms with Crippen LogP contribution in [0.1, 0.15) is 65.6 Å². The molecular weight excluding hydrogens is 617 g/mol. The molecule has 0 amide bonds. The summed E-state index contributed by atoms with van der Waals surface area (Å²) in [5, 5.41) is 4.83. The van der Waals surface area contributed by atoms with Crippen LogP contribution >= 0.6 is 0 Å². The first-order valence-electron chi connectivity index (χ1n) is 15.7. The molecule has 3 aromatic carbocycles. The number of aryl methyl sites for hydroxylation is 2. The van der Waals surface area contributed by atoms with Gasteiger partial charge in [0.2, 0.25) is 5.78 Å². The highest BCUT2D eigenvalue weighted by molar-refractivity contribution is 7.90. The number of nitrogens with two attached hydrogens (primary N) is 1. The number of nitrogens with zero attached hydrogens (tertiary/aromatic N) is 5. The molecule has 12 heteroatoms. The fourth-order valence-electron chi connectivity index (χ4n) is 6.63. The van der Waals surface area contributed by atoms with Crippen LogP contribution in [0.4, 0.5) is 10.2 Å². The molecule has 47 heavy (non-hydrogen) atoms. The number of carbonyl (C=O) groups is 1. The van der Waals surface area contributed by atoms with Crippen molar-refractivity contribution in [2.24, 2.45) is 0 Å². The number of H-pyrrole nitrogens is 1. The molecular formula is C35H36FN7O3S. The summed E-state index contributed by atoms with van der Waals surface area (Å²) < 4.78 is 46.8. The summed E-state index contributed by atoms with van der Waals surface area (Å²) in [6, 6.07) is 16.6. The van der Waals surface area contributed by atoms with Crippen LogP contribution in [0.15, 0.2) is 71.8 Å². The van der Waals surface area contributed by atoms with Gasteiger partial charge in [0.15, 0.2) is 0 Å². The molecule has 0 spiro atoms. The number of nitrogen functional groups attached to an aromatic ring is 1. The Kier molecular flexibility index (Phi) is 7.52. The van der Waals surface area contributed by atoms with Crippen molar-refractivity contribution < 1.29 is 17.6 Å². The van der Waals surface area contributed by atoms with E-state index in [4.69, 9.17) is 5.73 Å². The van der Waals surface area contributed by atoms with Crippen LogP contribution in [0.5, 0.6) is 0 Å². The van der Waals surface area contributed by atoms with Crippen molar-refractivity contribution >= 4 is 43.6 Å². The molecule has 6 aromatic rings. The number of anilines is 1. The second-order valence-corrected chi connectivity index (χ2v) is 14.4. The first-order valence-corrected chi connectivity index (χ1v) is 17.1. The molecule has 1 aliphatic rings. The number of ketones is 1. The minimum atomic E-state index is -4.33. The van der Waals surface area contributed by atoms with E-state index in [9.17, 15) is 13.2 Å². The van der Waals surface area contributed by atoms with Crippen LogP contribution in [0.25, 0.3) is 27.6 Å². The first kappa shape index (κ1) is 30.8. The Morgan fingerprint density at radius 3 is 2.45 bits per heavy atom. The molecule has 3 aromatic heterocycles. The zero-order chi connectivity index (χ0) is 33.2.